The molecule has 0 spiro atoms. The summed E-state index contributed by atoms with van der Waals surface area (Å²) >= 11 is 0. The van der Waals surface area contributed by atoms with Crippen LogP contribution in [0.4, 0.5) is 0 Å². The molecule has 0 saturated heterocycles. The first-order chi connectivity index (χ1) is 7.43. The van der Waals surface area contributed by atoms with Crippen molar-refractivity contribution >= 4 is 8.32 Å². The van der Waals surface area contributed by atoms with Gasteiger partial charge in [-0.2, -0.15) is 0 Å². The average Bonchev–Trinajstić information content (AvgIpc) is 2.12. The van der Waals surface area contributed by atoms with Crippen LogP contribution in [0.3, 0.4) is 0 Å². The summed E-state index contributed by atoms with van der Waals surface area (Å²) < 4.78 is 6.21. The molecule has 0 rings (SSSR count). The number of hydrogen-bond donors (Lipinski definition) is 1. The first-order valence-corrected chi connectivity index (χ1v) is 9.30. The number of rotatable bonds is 6. The van der Waals surface area contributed by atoms with Gasteiger partial charge in [0.15, 0.2) is 8.32 Å². The Morgan fingerprint density at radius 1 is 1.29 bits per heavy atom. The minimum atomic E-state index is -1.71. The van der Waals surface area contributed by atoms with Gasteiger partial charge in [0, 0.05) is 12.0 Å². The van der Waals surface area contributed by atoms with E-state index in [-0.39, 0.29) is 16.6 Å². The Hall–Kier alpha value is -0.123. The Kier molecular flexibility index (Phi) is 5.64. The molecule has 17 heavy (non-hydrogen) atoms. The van der Waals surface area contributed by atoms with Crippen LogP contribution in [0.1, 0.15) is 41.0 Å². The van der Waals surface area contributed by atoms with Gasteiger partial charge in [0.2, 0.25) is 0 Å². The number of aliphatic hydroxyl groups is 1. The molecular formula is C14H30O2Si. The highest BCUT2D eigenvalue weighted by Crippen LogP contribution is 2.38. The Morgan fingerprint density at radius 2 is 1.76 bits per heavy atom. The summed E-state index contributed by atoms with van der Waals surface area (Å²) in [7, 11) is -1.71. The molecule has 2 nitrogen and oxygen atoms in total. The predicted octanol–water partition coefficient (Wildman–Crippen LogP) is 3.97. The summed E-state index contributed by atoms with van der Waals surface area (Å²) in [6.07, 6.45) is 2.29. The summed E-state index contributed by atoms with van der Waals surface area (Å²) in [4.78, 5) is 0. The number of hydrogen-bond acceptors (Lipinski definition) is 2. The molecule has 102 valence electrons. The summed E-state index contributed by atoms with van der Waals surface area (Å²) in [5.41, 5.74) is -0.135. The molecule has 0 aliphatic rings. The van der Waals surface area contributed by atoms with E-state index in [4.69, 9.17) is 4.43 Å². The van der Waals surface area contributed by atoms with Gasteiger partial charge in [-0.3, -0.25) is 0 Å². The average molecular weight is 258 g/mol. The van der Waals surface area contributed by atoms with Crippen molar-refractivity contribution in [2.24, 2.45) is 5.41 Å². The zero-order valence-corrected chi connectivity index (χ0v) is 13.6. The third-order valence-electron chi connectivity index (χ3n) is 3.82. The van der Waals surface area contributed by atoms with E-state index in [0.717, 1.165) is 0 Å². The van der Waals surface area contributed by atoms with Crippen LogP contribution in [0.2, 0.25) is 18.1 Å². The van der Waals surface area contributed by atoms with Crippen molar-refractivity contribution in [1.82, 2.24) is 0 Å². The summed E-state index contributed by atoms with van der Waals surface area (Å²) in [6, 6.07) is 0. The SMILES string of the molecule is C=CC(C)(CO[Si](C)(C)C(C)(C)C)CC(C)O. The molecular weight excluding hydrogens is 228 g/mol. The van der Waals surface area contributed by atoms with E-state index in [1.54, 1.807) is 0 Å². The van der Waals surface area contributed by atoms with Gasteiger partial charge in [0.25, 0.3) is 0 Å². The maximum absolute atomic E-state index is 9.52. The Labute approximate surface area is 108 Å². The van der Waals surface area contributed by atoms with E-state index in [9.17, 15) is 5.11 Å². The normalized spacial score (nSPS) is 18.6. The van der Waals surface area contributed by atoms with Gasteiger partial charge in [-0.05, 0) is 31.5 Å². The third-order valence-corrected chi connectivity index (χ3v) is 8.30. The maximum atomic E-state index is 9.52. The fourth-order valence-electron chi connectivity index (χ4n) is 1.44. The lowest BCUT2D eigenvalue weighted by Crippen LogP contribution is -2.43. The summed E-state index contributed by atoms with van der Waals surface area (Å²) in [5, 5.41) is 9.74. The lowest BCUT2D eigenvalue weighted by Gasteiger charge is -2.39. The van der Waals surface area contributed by atoms with Crippen LogP contribution in [-0.4, -0.2) is 26.1 Å². The van der Waals surface area contributed by atoms with E-state index in [0.29, 0.717) is 13.0 Å². The quantitative estimate of drug-likeness (QED) is 0.577. The Balaban J connectivity index is 4.58. The smallest absolute Gasteiger partial charge is 0.192 e. The second-order valence-corrected chi connectivity index (χ2v) is 11.8. The monoisotopic (exact) mass is 258 g/mol. The van der Waals surface area contributed by atoms with Crippen molar-refractivity contribution in [2.75, 3.05) is 6.61 Å². The zero-order valence-electron chi connectivity index (χ0n) is 12.6. The van der Waals surface area contributed by atoms with Crippen molar-refractivity contribution in [2.45, 2.75) is 65.3 Å². The van der Waals surface area contributed by atoms with Crippen molar-refractivity contribution in [1.29, 1.82) is 0 Å². The van der Waals surface area contributed by atoms with E-state index < -0.39 is 8.32 Å². The topological polar surface area (TPSA) is 29.5 Å². The standard InChI is InChI=1S/C14H30O2Si/c1-9-14(6,10-12(2)15)11-16-17(7,8)13(3,4)5/h9,12,15H,1,10-11H2,2-8H3. The van der Waals surface area contributed by atoms with Crippen LogP contribution < -0.4 is 0 Å². The third kappa shape index (κ3) is 5.36. The lowest BCUT2D eigenvalue weighted by atomic mass is 9.86. The van der Waals surface area contributed by atoms with Crippen molar-refractivity contribution in [3.8, 4) is 0 Å². The van der Waals surface area contributed by atoms with Crippen LogP contribution >= 0.6 is 0 Å². The summed E-state index contributed by atoms with van der Waals surface area (Å²) in [5.74, 6) is 0. The van der Waals surface area contributed by atoms with Crippen LogP contribution in [0.25, 0.3) is 0 Å². The fourth-order valence-corrected chi connectivity index (χ4v) is 2.56. The lowest BCUT2D eigenvalue weighted by molar-refractivity contribution is 0.103. The van der Waals surface area contributed by atoms with E-state index >= 15 is 0 Å². The molecule has 0 radical (unpaired) electrons. The van der Waals surface area contributed by atoms with Gasteiger partial charge < -0.3 is 9.53 Å². The van der Waals surface area contributed by atoms with Crippen LogP contribution in [-0.2, 0) is 4.43 Å². The van der Waals surface area contributed by atoms with E-state index in [1.165, 1.54) is 0 Å². The molecule has 0 amide bonds. The van der Waals surface area contributed by atoms with Crippen molar-refractivity contribution < 1.29 is 9.53 Å². The minimum absolute atomic E-state index is 0.135. The van der Waals surface area contributed by atoms with Crippen molar-refractivity contribution in [3.63, 3.8) is 0 Å². The maximum Gasteiger partial charge on any atom is 0.192 e. The van der Waals surface area contributed by atoms with Crippen LogP contribution in [0.15, 0.2) is 12.7 Å². The highest BCUT2D eigenvalue weighted by Gasteiger charge is 2.38. The molecule has 0 bridgehead atoms. The van der Waals surface area contributed by atoms with Gasteiger partial charge in [-0.1, -0.05) is 33.8 Å². The first kappa shape index (κ1) is 16.9. The molecule has 2 unspecified atom stereocenters. The molecule has 0 fully saturated rings. The molecule has 0 heterocycles. The fraction of sp³-hybridized carbons (Fsp3) is 0.857. The van der Waals surface area contributed by atoms with Crippen LogP contribution in [0.5, 0.6) is 0 Å². The number of aliphatic hydroxyl groups excluding tert-OH is 1. The molecule has 0 aromatic rings. The second kappa shape index (κ2) is 5.68. The Morgan fingerprint density at radius 3 is 2.06 bits per heavy atom. The highest BCUT2D eigenvalue weighted by atomic mass is 28.4. The zero-order chi connectivity index (χ0) is 13.9. The molecule has 0 aromatic carbocycles. The molecule has 0 aromatic heterocycles. The molecule has 0 aliphatic carbocycles. The molecule has 1 N–H and O–H groups in total. The van der Waals surface area contributed by atoms with Crippen LogP contribution in [0, 0.1) is 5.41 Å². The van der Waals surface area contributed by atoms with Gasteiger partial charge in [-0.15, -0.1) is 6.58 Å². The Bertz CT molecular complexity index is 253. The molecule has 3 heteroatoms. The molecule has 2 atom stereocenters. The predicted molar refractivity (Wildman–Crippen MR) is 77.8 cm³/mol. The molecule has 0 aliphatic heterocycles. The van der Waals surface area contributed by atoms with Gasteiger partial charge in [0.05, 0.1) is 6.10 Å². The highest BCUT2D eigenvalue weighted by molar-refractivity contribution is 6.74. The van der Waals surface area contributed by atoms with Gasteiger partial charge in [0.1, 0.15) is 0 Å². The van der Waals surface area contributed by atoms with Gasteiger partial charge in [-0.25, -0.2) is 0 Å². The molecule has 0 saturated carbocycles. The summed E-state index contributed by atoms with van der Waals surface area (Å²) in [6.45, 7) is 19.6. The largest absolute Gasteiger partial charge is 0.416 e. The first-order valence-electron chi connectivity index (χ1n) is 6.39. The minimum Gasteiger partial charge on any atom is -0.416 e. The van der Waals surface area contributed by atoms with E-state index in [1.807, 2.05) is 13.0 Å². The van der Waals surface area contributed by atoms with Crippen molar-refractivity contribution in [3.05, 3.63) is 12.7 Å². The van der Waals surface area contributed by atoms with E-state index in [2.05, 4.69) is 47.4 Å². The van der Waals surface area contributed by atoms with Gasteiger partial charge >= 0.3 is 0 Å². The second-order valence-electron chi connectivity index (χ2n) is 6.96.